The molecule has 0 N–H and O–H groups in total. The third-order valence-electron chi connectivity index (χ3n) is 6.32. The summed E-state index contributed by atoms with van der Waals surface area (Å²) in [7, 11) is 0. The number of benzene rings is 2. The summed E-state index contributed by atoms with van der Waals surface area (Å²) >= 11 is 1.92. The van der Waals surface area contributed by atoms with Crippen LogP contribution in [-0.4, -0.2) is 59.9 Å². The zero-order chi connectivity index (χ0) is 31.2. The number of anilines is 1. The fourth-order valence-corrected chi connectivity index (χ4v) is 5.59. The third kappa shape index (κ3) is 10.8. The predicted molar refractivity (Wildman–Crippen MR) is 150 cm³/mol. The number of fused-ring (bicyclic) bond motifs is 2. The number of hydrogen-bond donors (Lipinski definition) is 0. The monoisotopic (exact) mass is 601 g/mol. The van der Waals surface area contributed by atoms with Crippen molar-refractivity contribution >= 4 is 41.5 Å². The SMILES string of the molecule is O=C([O-])/C=C\C(=O)[O-].O=C([O-])/C=C\C(=O)[O-].c1ccc(N2CCN(C3Cc4ccccc4Sc4ccccc43)CC2)nc1. The minimum Gasteiger partial charge on any atom is -0.545 e. The highest BCUT2D eigenvalue weighted by atomic mass is 32.2. The summed E-state index contributed by atoms with van der Waals surface area (Å²) in [5.74, 6) is -5.09. The van der Waals surface area contributed by atoms with Gasteiger partial charge in [0.25, 0.3) is 0 Å². The van der Waals surface area contributed by atoms with Crippen molar-refractivity contribution in [2.24, 2.45) is 0 Å². The van der Waals surface area contributed by atoms with Crippen molar-refractivity contribution in [3.63, 3.8) is 0 Å². The van der Waals surface area contributed by atoms with Gasteiger partial charge in [-0.2, -0.15) is 0 Å². The van der Waals surface area contributed by atoms with Crippen LogP contribution in [0.4, 0.5) is 5.82 Å². The lowest BCUT2D eigenvalue weighted by Crippen LogP contribution is -2.48. The van der Waals surface area contributed by atoms with Crippen LogP contribution in [0.5, 0.6) is 0 Å². The summed E-state index contributed by atoms with van der Waals surface area (Å²) in [6, 6.07) is 24.5. The van der Waals surface area contributed by atoms with Crippen LogP contribution in [0.2, 0.25) is 0 Å². The van der Waals surface area contributed by atoms with E-state index in [4.69, 9.17) is 0 Å². The number of carbonyl (C=O) groups excluding carboxylic acids is 4. The number of nitrogens with zero attached hydrogens (tertiary/aromatic N) is 3. The van der Waals surface area contributed by atoms with Crippen molar-refractivity contribution in [3.05, 3.63) is 108 Å². The van der Waals surface area contributed by atoms with E-state index in [2.05, 4.69) is 75.4 Å². The molecule has 2 aromatic carbocycles. The zero-order valence-electron chi connectivity index (χ0n) is 22.9. The van der Waals surface area contributed by atoms with Gasteiger partial charge in [-0.1, -0.05) is 54.2 Å². The molecule has 3 aromatic rings. The number of aromatic nitrogens is 1. The molecule has 2 aliphatic heterocycles. The molecule has 2 aliphatic rings. The van der Waals surface area contributed by atoms with Gasteiger partial charge in [0, 0.05) is 48.2 Å². The summed E-state index contributed by atoms with van der Waals surface area (Å²) in [6.07, 6.45) is 4.51. The van der Waals surface area contributed by atoms with E-state index in [9.17, 15) is 39.6 Å². The van der Waals surface area contributed by atoms with Crippen molar-refractivity contribution in [1.82, 2.24) is 9.88 Å². The van der Waals surface area contributed by atoms with E-state index in [1.165, 1.54) is 20.9 Å². The lowest BCUT2D eigenvalue weighted by Gasteiger charge is -2.40. The van der Waals surface area contributed by atoms with Crippen LogP contribution in [-0.2, 0) is 25.6 Å². The minimum absolute atomic E-state index is 0.384. The molecule has 1 atom stereocenters. The van der Waals surface area contributed by atoms with Gasteiger partial charge in [-0.3, -0.25) is 4.90 Å². The number of carbonyl (C=O) groups is 4. The van der Waals surface area contributed by atoms with Gasteiger partial charge in [0.15, 0.2) is 0 Å². The predicted octanol–water partition coefficient (Wildman–Crippen LogP) is -1.26. The lowest BCUT2D eigenvalue weighted by atomic mass is 9.96. The largest absolute Gasteiger partial charge is 0.545 e. The van der Waals surface area contributed by atoms with E-state index in [0.29, 0.717) is 30.3 Å². The Hall–Kier alpha value is -4.94. The van der Waals surface area contributed by atoms with Crippen LogP contribution in [0.25, 0.3) is 0 Å². The Morgan fingerprint density at radius 1 is 0.674 bits per heavy atom. The van der Waals surface area contributed by atoms with Crippen LogP contribution in [0.3, 0.4) is 0 Å². The second-order valence-corrected chi connectivity index (χ2v) is 10.2. The smallest absolute Gasteiger partial charge is 0.128 e. The lowest BCUT2D eigenvalue weighted by molar-refractivity contribution is -0.301. The topological polar surface area (TPSA) is 180 Å². The molecule has 43 heavy (non-hydrogen) atoms. The first kappa shape index (κ1) is 32.6. The van der Waals surface area contributed by atoms with Crippen LogP contribution in [0.1, 0.15) is 17.2 Å². The molecule has 0 amide bonds. The molecule has 1 aromatic heterocycles. The molecule has 11 nitrogen and oxygen atoms in total. The molecule has 3 heterocycles. The molecule has 1 unspecified atom stereocenters. The number of pyridine rings is 1. The Labute approximate surface area is 252 Å². The molecular formula is C31H27N3O8S-4. The summed E-state index contributed by atoms with van der Waals surface area (Å²) in [5.41, 5.74) is 2.95. The average Bonchev–Trinajstić information content (AvgIpc) is 3.17. The highest BCUT2D eigenvalue weighted by Gasteiger charge is 2.29. The highest BCUT2D eigenvalue weighted by molar-refractivity contribution is 7.99. The van der Waals surface area contributed by atoms with Gasteiger partial charge in [0.1, 0.15) is 5.82 Å². The van der Waals surface area contributed by atoms with Crippen LogP contribution >= 0.6 is 11.8 Å². The van der Waals surface area contributed by atoms with Gasteiger partial charge in [-0.25, -0.2) is 4.98 Å². The molecule has 5 rings (SSSR count). The maximum absolute atomic E-state index is 9.41. The molecule has 1 saturated heterocycles. The summed E-state index contributed by atoms with van der Waals surface area (Å²) in [5, 5.41) is 37.7. The van der Waals surface area contributed by atoms with Crippen LogP contribution in [0, 0.1) is 0 Å². The quantitative estimate of drug-likeness (QED) is 0.307. The van der Waals surface area contributed by atoms with Crippen molar-refractivity contribution in [1.29, 1.82) is 0 Å². The minimum atomic E-state index is -1.55. The van der Waals surface area contributed by atoms with Crippen molar-refractivity contribution < 1.29 is 39.6 Å². The Balaban J connectivity index is 0.000000263. The van der Waals surface area contributed by atoms with E-state index >= 15 is 0 Å². The maximum Gasteiger partial charge on any atom is 0.128 e. The number of carboxylic acids is 4. The molecule has 0 saturated carbocycles. The van der Waals surface area contributed by atoms with Crippen molar-refractivity contribution in [2.75, 3.05) is 31.1 Å². The van der Waals surface area contributed by atoms with Gasteiger partial charge >= 0.3 is 0 Å². The van der Waals surface area contributed by atoms with E-state index in [1.807, 2.05) is 24.0 Å². The molecular weight excluding hydrogens is 574 g/mol. The molecule has 224 valence electrons. The van der Waals surface area contributed by atoms with Gasteiger partial charge in [0.2, 0.25) is 0 Å². The first-order valence-corrected chi connectivity index (χ1v) is 13.9. The molecule has 12 heteroatoms. The second-order valence-electron chi connectivity index (χ2n) is 9.12. The van der Waals surface area contributed by atoms with Crippen molar-refractivity contribution in [3.8, 4) is 0 Å². The van der Waals surface area contributed by atoms with E-state index < -0.39 is 23.9 Å². The van der Waals surface area contributed by atoms with Crippen molar-refractivity contribution in [2.45, 2.75) is 22.3 Å². The van der Waals surface area contributed by atoms with Gasteiger partial charge in [-0.15, -0.1) is 0 Å². The first-order valence-electron chi connectivity index (χ1n) is 13.1. The molecule has 1 fully saturated rings. The normalized spacial score (nSPS) is 16.0. The Morgan fingerprint density at radius 2 is 1.19 bits per heavy atom. The van der Waals surface area contributed by atoms with Gasteiger partial charge in [0.05, 0.1) is 23.9 Å². The van der Waals surface area contributed by atoms with Gasteiger partial charge < -0.3 is 44.5 Å². The van der Waals surface area contributed by atoms with E-state index in [1.54, 1.807) is 0 Å². The number of rotatable bonds is 6. The molecule has 0 radical (unpaired) electrons. The van der Waals surface area contributed by atoms with E-state index in [0.717, 1.165) is 38.4 Å². The second kappa shape index (κ2) is 16.5. The Bertz CT molecular complexity index is 1400. The number of hydrogen-bond acceptors (Lipinski definition) is 12. The maximum atomic E-state index is 9.41. The first-order chi connectivity index (χ1) is 20.6. The molecule has 0 spiro atoms. The summed E-state index contributed by atoms with van der Waals surface area (Å²) in [4.78, 5) is 50.1. The zero-order valence-corrected chi connectivity index (χ0v) is 23.7. The van der Waals surface area contributed by atoms with Crippen LogP contribution in [0.15, 0.2) is 107 Å². The Kier molecular flexibility index (Phi) is 12.5. The average molecular weight is 602 g/mol. The number of piperazine rings is 1. The highest BCUT2D eigenvalue weighted by Crippen LogP contribution is 2.42. The standard InChI is InChI=1S/C23H23N3S.2C4H4O4/c1-3-9-21-18(7-1)17-20(19-8-2-4-10-22(19)27-21)25-13-15-26(16-14-25)23-11-5-6-12-24-23;2*5-3(6)1-2-4(7)8/h1-12,20H,13-17H2;2*1-2H,(H,5,6)(H,7,8)/p-4/b;2*2-1-. The fraction of sp³-hybridized carbons (Fsp3) is 0.194. The third-order valence-corrected chi connectivity index (χ3v) is 7.53. The van der Waals surface area contributed by atoms with Crippen LogP contribution < -0.4 is 25.3 Å². The summed E-state index contributed by atoms with van der Waals surface area (Å²) in [6.45, 7) is 4.21. The molecule has 0 bridgehead atoms. The Morgan fingerprint density at radius 3 is 1.72 bits per heavy atom. The summed E-state index contributed by atoms with van der Waals surface area (Å²) < 4.78 is 0. The number of carboxylic acid groups (broad SMARTS) is 4. The fourth-order valence-electron chi connectivity index (χ4n) is 4.46. The number of aliphatic carboxylic acids is 4. The van der Waals surface area contributed by atoms with E-state index in [-0.39, 0.29) is 0 Å². The van der Waals surface area contributed by atoms with Gasteiger partial charge in [-0.05, 0) is 66.1 Å². The molecule has 0 aliphatic carbocycles.